The molecule has 3 atom stereocenters. The molecule has 1 spiro atoms. The molecule has 2 heterocycles. The van der Waals surface area contributed by atoms with Crippen molar-refractivity contribution in [2.45, 2.75) is 38.9 Å². The van der Waals surface area contributed by atoms with E-state index in [2.05, 4.69) is 20.8 Å². The van der Waals surface area contributed by atoms with Crippen molar-refractivity contribution >= 4 is 0 Å². The van der Waals surface area contributed by atoms with E-state index in [1.165, 1.54) is 11.0 Å². The second-order valence-electron chi connectivity index (χ2n) is 3.51. The molecule has 0 aliphatic carbocycles. The Balaban J connectivity index is 2.14. The third-order valence-electron chi connectivity index (χ3n) is 3.39. The summed E-state index contributed by atoms with van der Waals surface area (Å²) >= 11 is 0. The van der Waals surface area contributed by atoms with Crippen molar-refractivity contribution in [2.24, 2.45) is 0 Å². The van der Waals surface area contributed by atoms with Crippen LogP contribution in [0.1, 0.15) is 20.8 Å². The van der Waals surface area contributed by atoms with Crippen molar-refractivity contribution in [3.63, 3.8) is 0 Å². The van der Waals surface area contributed by atoms with Crippen molar-refractivity contribution < 1.29 is 4.48 Å². The Labute approximate surface area is 50.9 Å². The molecule has 2 fully saturated rings. The van der Waals surface area contributed by atoms with Crippen molar-refractivity contribution in [3.8, 4) is 0 Å². The van der Waals surface area contributed by atoms with E-state index in [9.17, 15) is 0 Å². The summed E-state index contributed by atoms with van der Waals surface area (Å²) in [5.74, 6) is 0. The van der Waals surface area contributed by atoms with Gasteiger partial charge in [-0.1, -0.05) is 0 Å². The zero-order valence-electron chi connectivity index (χ0n) is 5.89. The van der Waals surface area contributed by atoms with E-state index in [0.29, 0.717) is 0 Å². The van der Waals surface area contributed by atoms with Gasteiger partial charge in [-0.25, -0.2) is 0 Å². The van der Waals surface area contributed by atoms with Crippen LogP contribution >= 0.6 is 0 Å². The molecule has 8 heavy (non-hydrogen) atoms. The Kier molecular flexibility index (Phi) is 0.583. The van der Waals surface area contributed by atoms with Crippen LogP contribution in [0.2, 0.25) is 0 Å². The lowest BCUT2D eigenvalue weighted by Gasteiger charge is -1.87. The Bertz CT molecular complexity index is 122. The van der Waals surface area contributed by atoms with Gasteiger partial charge < -0.3 is 0 Å². The van der Waals surface area contributed by atoms with Gasteiger partial charge in [-0.3, -0.25) is 4.48 Å². The van der Waals surface area contributed by atoms with Crippen LogP contribution in [-0.2, 0) is 0 Å². The molecule has 46 valence electrons. The molecule has 3 unspecified atom stereocenters. The van der Waals surface area contributed by atoms with E-state index in [1.54, 1.807) is 0 Å². The Morgan fingerprint density at radius 1 is 1.12 bits per heavy atom. The molecular formula is C7H14N+. The van der Waals surface area contributed by atoms with Crippen molar-refractivity contribution in [2.75, 3.05) is 6.54 Å². The maximum atomic E-state index is 2.37. The molecule has 0 bridgehead atoms. The molecule has 1 heteroatoms. The van der Waals surface area contributed by atoms with Crippen LogP contribution in [0.3, 0.4) is 0 Å². The SMILES string of the molecule is CC1C[N+]12C(C)C2C. The first-order valence-corrected chi connectivity index (χ1v) is 3.56. The van der Waals surface area contributed by atoms with Gasteiger partial charge in [0.25, 0.3) is 0 Å². The average molecular weight is 112 g/mol. The summed E-state index contributed by atoms with van der Waals surface area (Å²) < 4.78 is 1.46. The van der Waals surface area contributed by atoms with E-state index in [4.69, 9.17) is 0 Å². The van der Waals surface area contributed by atoms with Gasteiger partial charge in [0.15, 0.2) is 0 Å². The van der Waals surface area contributed by atoms with Gasteiger partial charge in [0.2, 0.25) is 0 Å². The maximum Gasteiger partial charge on any atom is 0.139 e. The molecule has 0 aromatic carbocycles. The molecule has 2 aliphatic rings. The molecule has 0 saturated carbocycles. The predicted molar refractivity (Wildman–Crippen MR) is 33.5 cm³/mol. The molecular weight excluding hydrogens is 98.1 g/mol. The summed E-state index contributed by atoms with van der Waals surface area (Å²) in [4.78, 5) is 0. The number of rotatable bonds is 0. The minimum absolute atomic E-state index is 0.991. The first-order chi connectivity index (χ1) is 3.69. The second kappa shape index (κ2) is 0.971. The maximum absolute atomic E-state index is 2.37. The molecule has 2 aliphatic heterocycles. The van der Waals surface area contributed by atoms with Crippen LogP contribution in [0.5, 0.6) is 0 Å². The molecule has 1 nitrogen and oxygen atoms in total. The Hall–Kier alpha value is -0.0400. The second-order valence-corrected chi connectivity index (χ2v) is 3.51. The summed E-state index contributed by atoms with van der Waals surface area (Å²) in [5.41, 5.74) is 0. The van der Waals surface area contributed by atoms with E-state index in [-0.39, 0.29) is 0 Å². The fraction of sp³-hybridized carbons (Fsp3) is 1.00. The van der Waals surface area contributed by atoms with Gasteiger partial charge in [0, 0.05) is 0 Å². The molecule has 2 rings (SSSR count). The molecule has 0 amide bonds. The first-order valence-electron chi connectivity index (χ1n) is 3.56. The highest BCUT2D eigenvalue weighted by Crippen LogP contribution is 2.52. The monoisotopic (exact) mass is 112 g/mol. The summed E-state index contributed by atoms with van der Waals surface area (Å²) in [6, 6.07) is 2.98. The lowest BCUT2D eigenvalue weighted by Crippen LogP contribution is -2.00. The quantitative estimate of drug-likeness (QED) is 0.324. The van der Waals surface area contributed by atoms with E-state index in [1.807, 2.05) is 0 Å². The lowest BCUT2D eigenvalue weighted by molar-refractivity contribution is -0.694. The summed E-state index contributed by atoms with van der Waals surface area (Å²) in [5, 5.41) is 0. The lowest BCUT2D eigenvalue weighted by atomic mass is 10.4. The van der Waals surface area contributed by atoms with Crippen LogP contribution in [0, 0.1) is 0 Å². The van der Waals surface area contributed by atoms with E-state index < -0.39 is 0 Å². The fourth-order valence-electron chi connectivity index (χ4n) is 2.34. The van der Waals surface area contributed by atoms with Gasteiger partial charge >= 0.3 is 0 Å². The largest absolute Gasteiger partial charge is 0.298 e. The minimum atomic E-state index is 0.991. The van der Waals surface area contributed by atoms with Gasteiger partial charge in [-0.2, -0.15) is 0 Å². The van der Waals surface area contributed by atoms with E-state index in [0.717, 1.165) is 18.1 Å². The normalized spacial score (nSPS) is 68.6. The predicted octanol–water partition coefficient (Wildman–Crippen LogP) is 0.996. The molecule has 0 aromatic heterocycles. The van der Waals surface area contributed by atoms with Crippen LogP contribution in [0.15, 0.2) is 0 Å². The zero-order valence-corrected chi connectivity index (χ0v) is 5.89. The number of quaternary nitrogens is 1. The zero-order chi connectivity index (χ0) is 5.94. The molecule has 0 radical (unpaired) electrons. The molecule has 0 aromatic rings. The van der Waals surface area contributed by atoms with Gasteiger partial charge in [-0.05, 0) is 20.8 Å². The van der Waals surface area contributed by atoms with Crippen molar-refractivity contribution in [1.29, 1.82) is 0 Å². The number of nitrogens with zero attached hydrogens (tertiary/aromatic N) is 1. The van der Waals surface area contributed by atoms with Gasteiger partial charge in [-0.15, -0.1) is 0 Å². The molecule has 2 saturated heterocycles. The van der Waals surface area contributed by atoms with Crippen LogP contribution in [0.4, 0.5) is 0 Å². The van der Waals surface area contributed by atoms with Crippen LogP contribution < -0.4 is 0 Å². The first kappa shape index (κ1) is 4.80. The third kappa shape index (κ3) is 0.278. The summed E-state index contributed by atoms with van der Waals surface area (Å²) in [6.07, 6.45) is 0. The number of hydrogen-bond donors (Lipinski definition) is 0. The highest BCUT2D eigenvalue weighted by molar-refractivity contribution is 4.92. The smallest absolute Gasteiger partial charge is 0.139 e. The highest BCUT2D eigenvalue weighted by Gasteiger charge is 2.74. The van der Waals surface area contributed by atoms with Gasteiger partial charge in [0.05, 0.1) is 0 Å². The van der Waals surface area contributed by atoms with Crippen LogP contribution in [0.25, 0.3) is 0 Å². The molecule has 0 N–H and O–H groups in total. The number of hydrogen-bond acceptors (Lipinski definition) is 0. The van der Waals surface area contributed by atoms with Crippen molar-refractivity contribution in [3.05, 3.63) is 0 Å². The Morgan fingerprint density at radius 3 is 1.50 bits per heavy atom. The summed E-state index contributed by atoms with van der Waals surface area (Å²) in [6.45, 7) is 8.56. The Morgan fingerprint density at radius 2 is 1.50 bits per heavy atom. The summed E-state index contributed by atoms with van der Waals surface area (Å²) in [7, 11) is 0. The van der Waals surface area contributed by atoms with E-state index >= 15 is 0 Å². The fourth-order valence-corrected chi connectivity index (χ4v) is 2.34. The average Bonchev–Trinajstić information content (AvgIpc) is 2.47. The highest BCUT2D eigenvalue weighted by atomic mass is 15.7. The van der Waals surface area contributed by atoms with Gasteiger partial charge in [0.1, 0.15) is 24.7 Å². The minimum Gasteiger partial charge on any atom is -0.298 e. The van der Waals surface area contributed by atoms with Crippen LogP contribution in [-0.4, -0.2) is 29.2 Å². The third-order valence-corrected chi connectivity index (χ3v) is 3.39. The van der Waals surface area contributed by atoms with Crippen molar-refractivity contribution in [1.82, 2.24) is 0 Å². The topological polar surface area (TPSA) is 0 Å². The standard InChI is InChI=1S/C7H14N/c1-5-4-8(5)6(2)7(8)3/h5-7H,4H2,1-3H3/q+1.